The van der Waals surface area contributed by atoms with E-state index in [1.54, 1.807) is 16.7 Å². The maximum Gasteiger partial charge on any atom is 0.246 e. The van der Waals surface area contributed by atoms with Gasteiger partial charge in [0, 0.05) is 16.7 Å². The van der Waals surface area contributed by atoms with E-state index < -0.39 is 0 Å². The van der Waals surface area contributed by atoms with Crippen molar-refractivity contribution in [3.05, 3.63) is 24.3 Å². The van der Waals surface area contributed by atoms with Gasteiger partial charge in [-0.25, -0.2) is 0 Å². The fourth-order valence-electron chi connectivity index (χ4n) is 2.53. The third-order valence-electron chi connectivity index (χ3n) is 3.70. The fourth-order valence-corrected chi connectivity index (χ4v) is 4.55. The van der Waals surface area contributed by atoms with Gasteiger partial charge in [0.2, 0.25) is 11.8 Å². The Labute approximate surface area is 133 Å². The lowest BCUT2D eigenvalue weighted by atomic mass is 10.2. The second-order valence-electron chi connectivity index (χ2n) is 5.30. The largest absolute Gasteiger partial charge is 0.323 e. The molecule has 0 spiro atoms. The number of nitrogens with zero attached hydrogens (tertiary/aromatic N) is 2. The monoisotopic (exact) mass is 322 g/mol. The van der Waals surface area contributed by atoms with Gasteiger partial charge in [-0.2, -0.15) is 0 Å². The summed E-state index contributed by atoms with van der Waals surface area (Å²) in [6, 6.07) is 8.04. The quantitative estimate of drug-likeness (QED) is 0.838. The minimum Gasteiger partial charge on any atom is -0.323 e. The van der Waals surface area contributed by atoms with Crippen molar-refractivity contribution in [1.82, 2.24) is 4.90 Å². The first-order valence-electron chi connectivity index (χ1n) is 7.06. The van der Waals surface area contributed by atoms with E-state index in [1.807, 2.05) is 34.9 Å². The van der Waals surface area contributed by atoms with Gasteiger partial charge in [-0.05, 0) is 18.6 Å². The number of fused-ring (bicyclic) bond motifs is 1. The third-order valence-corrected chi connectivity index (χ3v) is 5.88. The summed E-state index contributed by atoms with van der Waals surface area (Å²) in [6.45, 7) is 3.11. The molecule has 0 radical (unpaired) electrons. The van der Waals surface area contributed by atoms with Gasteiger partial charge < -0.3 is 9.80 Å². The van der Waals surface area contributed by atoms with E-state index >= 15 is 0 Å². The van der Waals surface area contributed by atoms with Crippen molar-refractivity contribution in [3.63, 3.8) is 0 Å². The Morgan fingerprint density at radius 2 is 2.19 bits per heavy atom. The van der Waals surface area contributed by atoms with E-state index in [4.69, 9.17) is 0 Å². The Balaban J connectivity index is 1.80. The van der Waals surface area contributed by atoms with Crippen molar-refractivity contribution in [1.29, 1.82) is 0 Å². The molecule has 0 saturated carbocycles. The molecule has 3 rings (SSSR count). The first kappa shape index (κ1) is 14.8. The van der Waals surface area contributed by atoms with E-state index in [2.05, 4.69) is 13.0 Å². The van der Waals surface area contributed by atoms with Gasteiger partial charge in [-0.3, -0.25) is 9.59 Å². The SMILES string of the molecule is C[C@H]1CCN(C(=O)CN2CSCC2=O)c2ccccc2S1. The molecule has 1 aromatic rings. The molecule has 0 bridgehead atoms. The molecule has 0 unspecified atom stereocenters. The fraction of sp³-hybridized carbons (Fsp3) is 0.467. The number of hydrogen-bond acceptors (Lipinski definition) is 4. The normalized spacial score (nSPS) is 22.1. The van der Waals surface area contributed by atoms with E-state index in [0.717, 1.165) is 23.5 Å². The second-order valence-corrected chi connectivity index (χ2v) is 7.73. The van der Waals surface area contributed by atoms with Crippen LogP contribution in [0.2, 0.25) is 0 Å². The number of hydrogen-bond donors (Lipinski definition) is 0. The van der Waals surface area contributed by atoms with Crippen molar-refractivity contribution in [2.24, 2.45) is 0 Å². The number of benzene rings is 1. The molecule has 1 saturated heterocycles. The van der Waals surface area contributed by atoms with Crippen LogP contribution in [0.1, 0.15) is 13.3 Å². The molecule has 6 heteroatoms. The molecule has 1 atom stereocenters. The topological polar surface area (TPSA) is 40.6 Å². The van der Waals surface area contributed by atoms with Crippen molar-refractivity contribution in [2.75, 3.05) is 29.6 Å². The molecule has 2 aliphatic heterocycles. The van der Waals surface area contributed by atoms with E-state index in [0.29, 0.717) is 16.9 Å². The number of rotatable bonds is 2. The Morgan fingerprint density at radius 3 is 2.95 bits per heavy atom. The molecule has 0 aliphatic carbocycles. The van der Waals surface area contributed by atoms with Crippen LogP contribution in [0.25, 0.3) is 0 Å². The Morgan fingerprint density at radius 1 is 1.38 bits per heavy atom. The predicted molar refractivity (Wildman–Crippen MR) is 87.8 cm³/mol. The highest BCUT2D eigenvalue weighted by molar-refractivity contribution is 8.00. The second kappa shape index (κ2) is 6.32. The average molecular weight is 322 g/mol. The van der Waals surface area contributed by atoms with Crippen LogP contribution in [-0.2, 0) is 9.59 Å². The molecular weight excluding hydrogens is 304 g/mol. The molecule has 2 aliphatic rings. The van der Waals surface area contributed by atoms with E-state index in [9.17, 15) is 9.59 Å². The highest BCUT2D eigenvalue weighted by Gasteiger charge is 2.28. The number of carbonyl (C=O) groups is 2. The summed E-state index contributed by atoms with van der Waals surface area (Å²) in [5.41, 5.74) is 0.983. The van der Waals surface area contributed by atoms with Crippen molar-refractivity contribution in [2.45, 2.75) is 23.5 Å². The number of anilines is 1. The summed E-state index contributed by atoms with van der Waals surface area (Å²) in [7, 11) is 0. The highest BCUT2D eigenvalue weighted by Crippen LogP contribution is 2.37. The zero-order chi connectivity index (χ0) is 14.8. The minimum atomic E-state index is 0.0213. The lowest BCUT2D eigenvalue weighted by molar-refractivity contribution is -0.131. The minimum absolute atomic E-state index is 0.0213. The van der Waals surface area contributed by atoms with Crippen LogP contribution in [0.3, 0.4) is 0 Å². The molecule has 4 nitrogen and oxygen atoms in total. The number of carbonyl (C=O) groups excluding carboxylic acids is 2. The molecular formula is C15H18N2O2S2. The summed E-state index contributed by atoms with van der Waals surface area (Å²) < 4.78 is 0. The van der Waals surface area contributed by atoms with Crippen LogP contribution >= 0.6 is 23.5 Å². The molecule has 2 heterocycles. The van der Waals surface area contributed by atoms with Crippen molar-refractivity contribution in [3.8, 4) is 0 Å². The van der Waals surface area contributed by atoms with Gasteiger partial charge in [0.25, 0.3) is 0 Å². The average Bonchev–Trinajstić information content (AvgIpc) is 2.78. The van der Waals surface area contributed by atoms with E-state index in [1.165, 1.54) is 0 Å². The van der Waals surface area contributed by atoms with Gasteiger partial charge in [-0.15, -0.1) is 23.5 Å². The molecule has 1 fully saturated rings. The number of amides is 2. The summed E-state index contributed by atoms with van der Waals surface area (Å²) in [4.78, 5) is 29.0. The standard InChI is InChI=1S/C15H18N2O2S2/c1-11-6-7-17(12-4-2-3-5-13(12)21-11)14(18)8-16-10-20-9-15(16)19/h2-5,11H,6-10H2,1H3/t11-/m0/s1. The predicted octanol–water partition coefficient (Wildman–Crippen LogP) is 2.44. The van der Waals surface area contributed by atoms with Gasteiger partial charge in [0.15, 0.2) is 0 Å². The first-order valence-corrected chi connectivity index (χ1v) is 9.10. The highest BCUT2D eigenvalue weighted by atomic mass is 32.2. The Bertz CT molecular complexity index is 564. The number of thioether (sulfide) groups is 2. The van der Waals surface area contributed by atoms with Crippen molar-refractivity contribution >= 4 is 41.0 Å². The van der Waals surface area contributed by atoms with Crippen LogP contribution in [0.5, 0.6) is 0 Å². The van der Waals surface area contributed by atoms with Gasteiger partial charge in [-0.1, -0.05) is 19.1 Å². The zero-order valence-corrected chi connectivity index (χ0v) is 13.6. The van der Waals surface area contributed by atoms with Crippen LogP contribution in [0.15, 0.2) is 29.2 Å². The maximum absolute atomic E-state index is 12.6. The Hall–Kier alpha value is -1.14. The van der Waals surface area contributed by atoms with Gasteiger partial charge in [0.05, 0.1) is 17.3 Å². The molecule has 0 aromatic heterocycles. The molecule has 21 heavy (non-hydrogen) atoms. The Kier molecular flexibility index (Phi) is 4.45. The summed E-state index contributed by atoms with van der Waals surface area (Å²) in [6.07, 6.45) is 0.966. The van der Waals surface area contributed by atoms with Gasteiger partial charge in [0.1, 0.15) is 6.54 Å². The van der Waals surface area contributed by atoms with Gasteiger partial charge >= 0.3 is 0 Å². The van der Waals surface area contributed by atoms with Crippen LogP contribution in [-0.4, -0.2) is 46.7 Å². The molecule has 112 valence electrons. The van der Waals surface area contributed by atoms with Crippen molar-refractivity contribution < 1.29 is 9.59 Å². The summed E-state index contributed by atoms with van der Waals surface area (Å²) >= 11 is 3.39. The first-order chi connectivity index (χ1) is 10.1. The van der Waals surface area contributed by atoms with Crippen LogP contribution in [0.4, 0.5) is 5.69 Å². The number of para-hydroxylation sites is 1. The molecule has 0 N–H and O–H groups in total. The molecule has 1 aromatic carbocycles. The third kappa shape index (κ3) is 3.21. The zero-order valence-electron chi connectivity index (χ0n) is 11.9. The maximum atomic E-state index is 12.6. The molecule has 2 amide bonds. The smallest absolute Gasteiger partial charge is 0.246 e. The lowest BCUT2D eigenvalue weighted by Crippen LogP contribution is -2.41. The van der Waals surface area contributed by atoms with Crippen LogP contribution < -0.4 is 4.90 Å². The van der Waals surface area contributed by atoms with Crippen LogP contribution in [0, 0.1) is 0 Å². The summed E-state index contributed by atoms with van der Waals surface area (Å²) in [5.74, 6) is 1.22. The van der Waals surface area contributed by atoms with E-state index in [-0.39, 0.29) is 18.4 Å². The lowest BCUT2D eigenvalue weighted by Gasteiger charge is -2.25. The summed E-state index contributed by atoms with van der Waals surface area (Å²) in [5, 5.41) is 0.493.